The molecular formula is C28H42O5. The Morgan fingerprint density at radius 2 is 1.91 bits per heavy atom. The summed E-state index contributed by atoms with van der Waals surface area (Å²) in [6, 6.07) is 3.97. The number of aromatic hydroxyl groups is 1. The molecule has 1 N–H and O–H groups in total. The summed E-state index contributed by atoms with van der Waals surface area (Å²) in [6.07, 6.45) is 8.29. The Morgan fingerprint density at radius 3 is 2.61 bits per heavy atom. The van der Waals surface area contributed by atoms with Crippen LogP contribution in [0.5, 0.6) is 11.5 Å². The summed E-state index contributed by atoms with van der Waals surface area (Å²) in [5.41, 5.74) is 0.987. The van der Waals surface area contributed by atoms with Gasteiger partial charge >= 0.3 is 5.97 Å². The highest BCUT2D eigenvalue weighted by Crippen LogP contribution is 2.55. The Morgan fingerprint density at radius 1 is 1.18 bits per heavy atom. The van der Waals surface area contributed by atoms with E-state index in [1.54, 1.807) is 6.92 Å². The molecule has 0 spiro atoms. The second-order valence-electron chi connectivity index (χ2n) is 10.8. The second kappa shape index (κ2) is 10.5. The van der Waals surface area contributed by atoms with Gasteiger partial charge in [-0.1, -0.05) is 46.5 Å². The molecule has 5 heteroatoms. The van der Waals surface area contributed by atoms with Crippen molar-refractivity contribution in [3.8, 4) is 11.5 Å². The first-order valence-corrected chi connectivity index (χ1v) is 12.8. The third-order valence-corrected chi connectivity index (χ3v) is 7.81. The van der Waals surface area contributed by atoms with E-state index in [-0.39, 0.29) is 41.2 Å². The van der Waals surface area contributed by atoms with E-state index in [9.17, 15) is 14.7 Å². The number of unbranched alkanes of at least 4 members (excludes halogenated alkanes) is 3. The molecule has 0 unspecified atom stereocenters. The van der Waals surface area contributed by atoms with Gasteiger partial charge in [0.15, 0.2) is 0 Å². The molecule has 3 rings (SSSR count). The molecule has 1 saturated carbocycles. The fourth-order valence-corrected chi connectivity index (χ4v) is 5.83. The summed E-state index contributed by atoms with van der Waals surface area (Å²) in [5, 5.41) is 11.2. The number of Topliss-reactive ketones (excluding diaryl/α,β-unsaturated/α-hetero) is 1. The molecule has 0 amide bonds. The predicted octanol–water partition coefficient (Wildman–Crippen LogP) is 6.59. The van der Waals surface area contributed by atoms with Crippen LogP contribution in [0, 0.1) is 5.92 Å². The average molecular weight is 459 g/mol. The predicted molar refractivity (Wildman–Crippen MR) is 130 cm³/mol. The third-order valence-electron chi connectivity index (χ3n) is 7.81. The first kappa shape index (κ1) is 25.6. The number of carbonyl (C=O) groups excluding carboxylic acids is 2. The van der Waals surface area contributed by atoms with Gasteiger partial charge < -0.3 is 14.6 Å². The van der Waals surface area contributed by atoms with Crippen LogP contribution in [-0.2, 0) is 19.7 Å². The summed E-state index contributed by atoms with van der Waals surface area (Å²) < 4.78 is 11.8. The van der Waals surface area contributed by atoms with Crippen molar-refractivity contribution in [2.24, 2.45) is 5.92 Å². The second-order valence-corrected chi connectivity index (χ2v) is 10.8. The zero-order valence-electron chi connectivity index (χ0n) is 21.2. The van der Waals surface area contributed by atoms with Gasteiger partial charge in [0.25, 0.3) is 0 Å². The Hall–Kier alpha value is -2.04. The first-order valence-electron chi connectivity index (χ1n) is 12.8. The van der Waals surface area contributed by atoms with E-state index < -0.39 is 5.60 Å². The number of fused-ring (bicyclic) bond motifs is 3. The lowest BCUT2D eigenvalue weighted by atomic mass is 9.68. The highest BCUT2D eigenvalue weighted by atomic mass is 16.5. The molecule has 0 aromatic heterocycles. The van der Waals surface area contributed by atoms with Crippen molar-refractivity contribution >= 4 is 11.8 Å². The fourth-order valence-electron chi connectivity index (χ4n) is 5.83. The van der Waals surface area contributed by atoms with Crippen LogP contribution in [0.2, 0.25) is 0 Å². The average Bonchev–Trinajstić information content (AvgIpc) is 2.93. The van der Waals surface area contributed by atoms with E-state index in [0.717, 1.165) is 24.0 Å². The number of phenolic OH excluding ortho intramolecular Hbond substituents is 1. The maximum absolute atomic E-state index is 12.5. The van der Waals surface area contributed by atoms with E-state index in [0.29, 0.717) is 38.0 Å². The van der Waals surface area contributed by atoms with Gasteiger partial charge in [0, 0.05) is 24.3 Å². The smallest absolute Gasteiger partial charge is 0.309 e. The molecule has 0 radical (unpaired) electrons. The zero-order valence-corrected chi connectivity index (χ0v) is 21.2. The molecule has 1 aromatic rings. The van der Waals surface area contributed by atoms with Crippen LogP contribution in [-0.4, -0.2) is 29.1 Å². The van der Waals surface area contributed by atoms with Crippen LogP contribution in [0.4, 0.5) is 0 Å². The summed E-state index contributed by atoms with van der Waals surface area (Å²) >= 11 is 0. The molecule has 33 heavy (non-hydrogen) atoms. The van der Waals surface area contributed by atoms with Gasteiger partial charge in [0.2, 0.25) is 0 Å². The topological polar surface area (TPSA) is 72.8 Å². The van der Waals surface area contributed by atoms with Crippen LogP contribution in [0.1, 0.15) is 116 Å². The molecule has 1 fully saturated rings. The molecule has 5 nitrogen and oxygen atoms in total. The van der Waals surface area contributed by atoms with E-state index in [2.05, 4.69) is 26.8 Å². The van der Waals surface area contributed by atoms with Gasteiger partial charge in [-0.15, -0.1) is 0 Å². The highest BCUT2D eigenvalue weighted by Gasteiger charge is 2.50. The number of esters is 1. The molecule has 1 heterocycles. The minimum absolute atomic E-state index is 0.0126. The van der Waals surface area contributed by atoms with E-state index >= 15 is 0 Å². The number of phenols is 1. The van der Waals surface area contributed by atoms with Gasteiger partial charge in [-0.05, 0) is 62.1 Å². The van der Waals surface area contributed by atoms with Crippen molar-refractivity contribution in [1.82, 2.24) is 0 Å². The monoisotopic (exact) mass is 458 g/mol. The van der Waals surface area contributed by atoms with Crippen molar-refractivity contribution in [1.29, 1.82) is 0 Å². The zero-order chi connectivity index (χ0) is 24.2. The van der Waals surface area contributed by atoms with E-state index in [1.165, 1.54) is 19.3 Å². The van der Waals surface area contributed by atoms with Crippen molar-refractivity contribution in [2.45, 2.75) is 116 Å². The largest absolute Gasteiger partial charge is 0.508 e. The molecule has 0 bridgehead atoms. The minimum atomic E-state index is -0.773. The van der Waals surface area contributed by atoms with Gasteiger partial charge in [-0.3, -0.25) is 9.59 Å². The molecule has 184 valence electrons. The van der Waals surface area contributed by atoms with Gasteiger partial charge in [0.05, 0.1) is 13.0 Å². The van der Waals surface area contributed by atoms with Crippen molar-refractivity contribution in [2.75, 3.05) is 6.61 Å². The number of ketones is 1. The number of hydrogen-bond donors (Lipinski definition) is 1. The quantitative estimate of drug-likeness (QED) is 0.334. The summed E-state index contributed by atoms with van der Waals surface area (Å²) in [7, 11) is 0. The Labute approximate surface area is 199 Å². The number of hydrogen-bond acceptors (Lipinski definition) is 5. The van der Waals surface area contributed by atoms with Gasteiger partial charge in [-0.25, -0.2) is 0 Å². The molecule has 3 atom stereocenters. The third kappa shape index (κ3) is 5.73. The number of ether oxygens (including phenoxy) is 2. The lowest BCUT2D eigenvalue weighted by Crippen LogP contribution is -2.48. The van der Waals surface area contributed by atoms with E-state index in [4.69, 9.17) is 9.47 Å². The van der Waals surface area contributed by atoms with Crippen molar-refractivity contribution in [3.63, 3.8) is 0 Å². The maximum Gasteiger partial charge on any atom is 0.309 e. The molecule has 2 aliphatic rings. The Kier molecular flexibility index (Phi) is 8.13. The summed E-state index contributed by atoms with van der Waals surface area (Å²) in [6.45, 7) is 10.7. The highest BCUT2D eigenvalue weighted by molar-refractivity contribution is 5.79. The molecule has 0 saturated heterocycles. The molecular weight excluding hydrogens is 416 g/mol. The standard InChI is InChI=1S/C28H42O5/c1-6-8-9-10-15-27(3,4)19-16-23(30)26-21-13-11-20(29)12-14-22(21)28(5,33-24(26)17-19)18-25(31)32-7-2/h16-17,21-22,30H,6-15,18H2,1-5H3/t21-,22-,28+/m1/s1. The molecule has 1 aromatic carbocycles. The van der Waals surface area contributed by atoms with Crippen molar-refractivity contribution < 1.29 is 24.2 Å². The summed E-state index contributed by atoms with van der Waals surface area (Å²) in [5.74, 6) is 0.838. The van der Waals surface area contributed by atoms with Crippen LogP contribution >= 0.6 is 0 Å². The normalized spacial score (nSPS) is 24.9. The number of benzene rings is 1. The lowest BCUT2D eigenvalue weighted by molar-refractivity contribution is -0.150. The fraction of sp³-hybridized carbons (Fsp3) is 0.714. The minimum Gasteiger partial charge on any atom is -0.508 e. The SMILES string of the molecule is CCCCCCC(C)(C)c1cc(O)c2c(c1)O[C@@](C)(CC(=O)OCC)[C@@H]1CCC(=O)CC[C@@H]21. The van der Waals surface area contributed by atoms with E-state index in [1.807, 2.05) is 13.0 Å². The van der Waals surface area contributed by atoms with Crippen LogP contribution in [0.25, 0.3) is 0 Å². The summed E-state index contributed by atoms with van der Waals surface area (Å²) in [4.78, 5) is 24.8. The molecule has 1 aliphatic heterocycles. The van der Waals surface area contributed by atoms with Gasteiger partial charge in [-0.2, -0.15) is 0 Å². The van der Waals surface area contributed by atoms with Gasteiger partial charge in [0.1, 0.15) is 22.9 Å². The lowest BCUT2D eigenvalue weighted by Gasteiger charge is -2.46. The van der Waals surface area contributed by atoms with Crippen LogP contribution < -0.4 is 4.74 Å². The Bertz CT molecular complexity index is 858. The Balaban J connectivity index is 1.98. The van der Waals surface area contributed by atoms with Crippen molar-refractivity contribution in [3.05, 3.63) is 23.3 Å². The van der Waals surface area contributed by atoms with Crippen LogP contribution in [0.15, 0.2) is 12.1 Å². The number of carbonyl (C=O) groups is 2. The first-order chi connectivity index (χ1) is 15.6. The number of rotatable bonds is 9. The maximum atomic E-state index is 12.5. The molecule has 1 aliphatic carbocycles. The van der Waals surface area contributed by atoms with Crippen LogP contribution in [0.3, 0.4) is 0 Å².